The highest BCUT2D eigenvalue weighted by atomic mass is 16.5. The van der Waals surface area contributed by atoms with Crippen LogP contribution in [0.3, 0.4) is 0 Å². The van der Waals surface area contributed by atoms with E-state index in [1.54, 1.807) is 0 Å². The average Bonchev–Trinajstić information content (AvgIpc) is 2.73. The number of Topliss-reactive ketones (excluding diaryl/α,β-unsaturated/α-hetero) is 1. The second-order valence-electron chi connectivity index (χ2n) is 6.90. The molecule has 0 bridgehead atoms. The minimum Gasteiger partial charge on any atom is -0.507 e. The summed E-state index contributed by atoms with van der Waals surface area (Å²) in [4.78, 5) is 38.1. The molecule has 148 valence electrons. The first-order valence-corrected chi connectivity index (χ1v) is 8.68. The number of phenols is 2. The Morgan fingerprint density at radius 1 is 1.10 bits per heavy atom. The number of ketones is 3. The molecule has 1 atom stereocenters. The zero-order valence-corrected chi connectivity index (χ0v) is 15.2. The minimum atomic E-state index is -2.11. The van der Waals surface area contributed by atoms with E-state index >= 15 is 0 Å². The number of benzene rings is 2. The molecule has 8 nitrogen and oxygen atoms in total. The second kappa shape index (κ2) is 6.26. The van der Waals surface area contributed by atoms with Gasteiger partial charge in [-0.05, 0) is 12.1 Å². The van der Waals surface area contributed by atoms with E-state index < -0.39 is 53.0 Å². The van der Waals surface area contributed by atoms with E-state index in [1.165, 1.54) is 31.4 Å². The molecule has 29 heavy (non-hydrogen) atoms. The summed E-state index contributed by atoms with van der Waals surface area (Å²) in [6.45, 7) is -0.932. The summed E-state index contributed by atoms with van der Waals surface area (Å²) >= 11 is 0. The third-order valence-electron chi connectivity index (χ3n) is 5.36. The molecule has 0 spiro atoms. The number of aromatic hydroxyl groups is 2. The van der Waals surface area contributed by atoms with E-state index in [-0.39, 0.29) is 33.6 Å². The Labute approximate surface area is 164 Å². The molecule has 2 aromatic rings. The van der Waals surface area contributed by atoms with Gasteiger partial charge in [0.2, 0.25) is 5.78 Å². The van der Waals surface area contributed by atoms with Gasteiger partial charge in [0, 0.05) is 23.1 Å². The van der Waals surface area contributed by atoms with Crippen LogP contribution in [0, 0.1) is 0 Å². The Kier molecular flexibility index (Phi) is 4.07. The number of hydrogen-bond donors (Lipinski definition) is 4. The van der Waals surface area contributed by atoms with Crippen molar-refractivity contribution in [1.29, 1.82) is 0 Å². The van der Waals surface area contributed by atoms with Gasteiger partial charge in [0.15, 0.2) is 11.6 Å². The number of methoxy groups -OCH3 is 1. The predicted octanol–water partition coefficient (Wildman–Crippen LogP) is 0.744. The number of hydrogen-bond acceptors (Lipinski definition) is 8. The number of fused-ring (bicyclic) bond motifs is 3. The number of carbonyl (C=O) groups is 3. The topological polar surface area (TPSA) is 141 Å². The molecule has 2 aliphatic rings. The lowest BCUT2D eigenvalue weighted by Gasteiger charge is -2.30. The summed E-state index contributed by atoms with van der Waals surface area (Å²) in [5.74, 6) is -3.29. The fourth-order valence-electron chi connectivity index (χ4n) is 3.86. The van der Waals surface area contributed by atoms with Gasteiger partial charge in [0.25, 0.3) is 0 Å². The van der Waals surface area contributed by atoms with Crippen molar-refractivity contribution in [1.82, 2.24) is 0 Å². The fraction of sp³-hybridized carbons (Fsp3) is 0.190. The van der Waals surface area contributed by atoms with Crippen LogP contribution >= 0.6 is 0 Å². The quantitative estimate of drug-likeness (QED) is 0.475. The van der Waals surface area contributed by atoms with Crippen molar-refractivity contribution in [3.8, 4) is 17.2 Å². The SMILES string of the molecule is COc1cccc2c1C(=O)c1c(O)c3c(c(O)c1C2=O)C[C@@](O)(C(=O)CO)C=C3. The van der Waals surface area contributed by atoms with Crippen molar-refractivity contribution in [2.45, 2.75) is 12.0 Å². The lowest BCUT2D eigenvalue weighted by atomic mass is 9.76. The predicted molar refractivity (Wildman–Crippen MR) is 99.4 cm³/mol. The van der Waals surface area contributed by atoms with Gasteiger partial charge in [-0.25, -0.2) is 0 Å². The van der Waals surface area contributed by atoms with E-state index in [9.17, 15) is 29.7 Å². The van der Waals surface area contributed by atoms with Crippen LogP contribution in [-0.4, -0.2) is 57.1 Å². The second-order valence-corrected chi connectivity index (χ2v) is 6.90. The van der Waals surface area contributed by atoms with Gasteiger partial charge in [-0.1, -0.05) is 18.2 Å². The molecule has 0 radical (unpaired) electrons. The smallest absolute Gasteiger partial charge is 0.202 e. The summed E-state index contributed by atoms with van der Waals surface area (Å²) in [5, 5.41) is 41.1. The summed E-state index contributed by atoms with van der Waals surface area (Å²) < 4.78 is 5.17. The van der Waals surface area contributed by atoms with Crippen LogP contribution in [0.2, 0.25) is 0 Å². The first-order chi connectivity index (χ1) is 13.7. The van der Waals surface area contributed by atoms with Crippen molar-refractivity contribution >= 4 is 23.4 Å². The molecule has 0 unspecified atom stereocenters. The first-order valence-electron chi connectivity index (χ1n) is 8.68. The molecule has 4 N–H and O–H groups in total. The molecule has 0 aliphatic heterocycles. The summed E-state index contributed by atoms with van der Waals surface area (Å²) in [6.07, 6.45) is 1.78. The molecule has 0 heterocycles. The van der Waals surface area contributed by atoms with Crippen molar-refractivity contribution in [3.63, 3.8) is 0 Å². The Bertz CT molecular complexity index is 1140. The van der Waals surface area contributed by atoms with Crippen LogP contribution in [0.4, 0.5) is 0 Å². The molecule has 0 saturated heterocycles. The van der Waals surface area contributed by atoms with Crippen molar-refractivity contribution < 1.29 is 39.5 Å². The number of aliphatic hydroxyl groups is 2. The monoisotopic (exact) mass is 396 g/mol. The van der Waals surface area contributed by atoms with Crippen LogP contribution in [0.5, 0.6) is 17.2 Å². The van der Waals surface area contributed by atoms with Crippen LogP contribution in [-0.2, 0) is 11.2 Å². The van der Waals surface area contributed by atoms with Gasteiger partial charge in [0.05, 0.1) is 23.8 Å². The Morgan fingerprint density at radius 2 is 1.79 bits per heavy atom. The van der Waals surface area contributed by atoms with E-state index in [4.69, 9.17) is 9.84 Å². The van der Waals surface area contributed by atoms with Crippen molar-refractivity contribution in [3.05, 3.63) is 57.7 Å². The highest BCUT2D eigenvalue weighted by molar-refractivity contribution is 6.31. The molecular weight excluding hydrogens is 380 g/mol. The van der Waals surface area contributed by atoms with Gasteiger partial charge in [-0.3, -0.25) is 14.4 Å². The molecule has 0 amide bonds. The van der Waals surface area contributed by atoms with Crippen LogP contribution < -0.4 is 4.74 Å². The zero-order valence-electron chi connectivity index (χ0n) is 15.2. The lowest BCUT2D eigenvalue weighted by Crippen LogP contribution is -2.42. The van der Waals surface area contributed by atoms with Crippen LogP contribution in [0.1, 0.15) is 43.0 Å². The largest absolute Gasteiger partial charge is 0.507 e. The van der Waals surface area contributed by atoms with Crippen LogP contribution in [0.15, 0.2) is 24.3 Å². The van der Waals surface area contributed by atoms with Gasteiger partial charge in [-0.2, -0.15) is 0 Å². The summed E-state index contributed by atoms with van der Waals surface area (Å²) in [7, 11) is 1.34. The van der Waals surface area contributed by atoms with E-state index in [0.717, 1.165) is 6.08 Å². The molecule has 0 saturated carbocycles. The highest BCUT2D eigenvalue weighted by Crippen LogP contribution is 2.47. The maximum Gasteiger partial charge on any atom is 0.202 e. The number of carbonyl (C=O) groups excluding carboxylic acids is 3. The van der Waals surface area contributed by atoms with Crippen molar-refractivity contribution in [2.75, 3.05) is 13.7 Å². The molecule has 0 fully saturated rings. The van der Waals surface area contributed by atoms with E-state index in [2.05, 4.69) is 0 Å². The Hall–Kier alpha value is -3.49. The van der Waals surface area contributed by atoms with Crippen molar-refractivity contribution in [2.24, 2.45) is 0 Å². The normalized spacial score (nSPS) is 19.4. The molecule has 8 heteroatoms. The molecular formula is C21H16O8. The van der Waals surface area contributed by atoms with E-state index in [0.29, 0.717) is 0 Å². The average molecular weight is 396 g/mol. The lowest BCUT2D eigenvalue weighted by molar-refractivity contribution is -0.135. The molecule has 2 aliphatic carbocycles. The number of rotatable bonds is 3. The standard InChI is InChI=1S/C21H16O8/c1-29-12-4-2-3-10-14(12)20(27)16-15(18(10)25)19(26)11-7-21(28,13(23)8-22)6-5-9(11)17(16)24/h2-6,22,24,26,28H,7-8H2,1H3/t21-/m1/s1. The fourth-order valence-corrected chi connectivity index (χ4v) is 3.86. The number of aliphatic hydroxyl groups excluding tert-OH is 1. The van der Waals surface area contributed by atoms with Gasteiger partial charge >= 0.3 is 0 Å². The maximum absolute atomic E-state index is 13.1. The number of ether oxygens (including phenoxy) is 1. The van der Waals surface area contributed by atoms with Gasteiger partial charge in [0.1, 0.15) is 29.5 Å². The third kappa shape index (κ3) is 2.43. The molecule has 2 aromatic carbocycles. The Balaban J connectivity index is 2.00. The van der Waals surface area contributed by atoms with Gasteiger partial charge < -0.3 is 25.2 Å². The minimum absolute atomic E-state index is 0.00421. The molecule has 4 rings (SSSR count). The van der Waals surface area contributed by atoms with Crippen LogP contribution in [0.25, 0.3) is 6.08 Å². The Morgan fingerprint density at radius 3 is 2.45 bits per heavy atom. The first kappa shape index (κ1) is 18.9. The van der Waals surface area contributed by atoms with Gasteiger partial charge in [-0.15, -0.1) is 0 Å². The maximum atomic E-state index is 13.1. The summed E-state index contributed by atoms with van der Waals surface area (Å²) in [6, 6.07) is 4.43. The number of phenolic OH excluding ortho intramolecular Hbond substituents is 2. The molecule has 0 aromatic heterocycles. The zero-order chi connectivity index (χ0) is 21.1. The van der Waals surface area contributed by atoms with E-state index in [1.807, 2.05) is 0 Å². The third-order valence-corrected chi connectivity index (χ3v) is 5.36. The summed E-state index contributed by atoms with van der Waals surface area (Å²) in [5.41, 5.74) is -2.95. The highest BCUT2D eigenvalue weighted by Gasteiger charge is 2.43.